The zero-order valence-electron chi connectivity index (χ0n) is 9.63. The molecule has 0 fully saturated rings. The Bertz CT molecular complexity index is 580. The van der Waals surface area contributed by atoms with Crippen LogP contribution in [0.1, 0.15) is 16.1 Å². The summed E-state index contributed by atoms with van der Waals surface area (Å²) in [6.45, 7) is 0.161. The van der Waals surface area contributed by atoms with Crippen LogP contribution in [0.25, 0.3) is 0 Å². The normalized spacial score (nSPS) is 10.3. The van der Waals surface area contributed by atoms with Gasteiger partial charge in [-0.15, -0.1) is 0 Å². The van der Waals surface area contributed by atoms with Gasteiger partial charge in [-0.25, -0.2) is 4.79 Å². The van der Waals surface area contributed by atoms with Crippen LogP contribution in [0.5, 0.6) is 5.75 Å². The lowest BCUT2D eigenvalue weighted by molar-refractivity contribution is 0.0693. The Morgan fingerprint density at radius 1 is 1.56 bits per heavy atom. The SMILES string of the molecule is Cn1ncc(C(=O)O)c1COc1cccc(Br)c1. The largest absolute Gasteiger partial charge is 0.487 e. The second kappa shape index (κ2) is 5.22. The van der Waals surface area contributed by atoms with Gasteiger partial charge >= 0.3 is 5.97 Å². The first-order valence-electron chi connectivity index (χ1n) is 5.20. The van der Waals surface area contributed by atoms with E-state index in [9.17, 15) is 4.79 Å². The Morgan fingerprint density at radius 2 is 2.33 bits per heavy atom. The molecule has 1 heterocycles. The molecule has 0 aliphatic rings. The molecule has 0 spiro atoms. The van der Waals surface area contributed by atoms with E-state index in [1.807, 2.05) is 24.3 Å². The second-order valence-electron chi connectivity index (χ2n) is 3.68. The van der Waals surface area contributed by atoms with Gasteiger partial charge in [-0.2, -0.15) is 5.10 Å². The number of nitrogens with zero attached hydrogens (tertiary/aromatic N) is 2. The number of carboxylic acids is 1. The van der Waals surface area contributed by atoms with Crippen molar-refractivity contribution in [3.8, 4) is 5.75 Å². The van der Waals surface area contributed by atoms with Crippen LogP contribution in [0.2, 0.25) is 0 Å². The van der Waals surface area contributed by atoms with Crippen LogP contribution in [0.15, 0.2) is 34.9 Å². The van der Waals surface area contributed by atoms with Gasteiger partial charge < -0.3 is 9.84 Å². The fraction of sp³-hybridized carbons (Fsp3) is 0.167. The van der Waals surface area contributed by atoms with Gasteiger partial charge in [0.2, 0.25) is 0 Å². The van der Waals surface area contributed by atoms with Crippen LogP contribution < -0.4 is 4.74 Å². The smallest absolute Gasteiger partial charge is 0.339 e. The highest BCUT2D eigenvalue weighted by molar-refractivity contribution is 9.10. The highest BCUT2D eigenvalue weighted by Gasteiger charge is 2.15. The molecule has 1 N–H and O–H groups in total. The first kappa shape index (κ1) is 12.6. The first-order chi connectivity index (χ1) is 8.58. The van der Waals surface area contributed by atoms with Crippen molar-refractivity contribution in [1.29, 1.82) is 0 Å². The Morgan fingerprint density at radius 3 is 3.00 bits per heavy atom. The number of ether oxygens (including phenoxy) is 1. The number of aromatic carboxylic acids is 1. The van der Waals surface area contributed by atoms with Crippen molar-refractivity contribution in [3.05, 3.63) is 46.2 Å². The molecule has 2 aromatic rings. The Kier molecular flexibility index (Phi) is 3.66. The van der Waals surface area contributed by atoms with E-state index in [0.29, 0.717) is 11.4 Å². The molecular weight excluding hydrogens is 300 g/mol. The van der Waals surface area contributed by atoms with Crippen molar-refractivity contribution in [2.75, 3.05) is 0 Å². The minimum atomic E-state index is -1.00. The molecule has 0 aliphatic carbocycles. The Hall–Kier alpha value is -1.82. The van der Waals surface area contributed by atoms with Crippen molar-refractivity contribution in [2.24, 2.45) is 7.05 Å². The van der Waals surface area contributed by atoms with Gasteiger partial charge in [-0.05, 0) is 18.2 Å². The van der Waals surface area contributed by atoms with Crippen molar-refractivity contribution in [1.82, 2.24) is 9.78 Å². The number of halogens is 1. The molecule has 1 aromatic heterocycles. The van der Waals surface area contributed by atoms with Gasteiger partial charge in [0.25, 0.3) is 0 Å². The number of rotatable bonds is 4. The number of benzene rings is 1. The average molecular weight is 311 g/mol. The third-order valence-electron chi connectivity index (χ3n) is 2.46. The van der Waals surface area contributed by atoms with E-state index < -0.39 is 5.97 Å². The molecule has 0 atom stereocenters. The standard InChI is InChI=1S/C12H11BrN2O3/c1-15-11(10(6-14-15)12(16)17)7-18-9-4-2-3-8(13)5-9/h2-6H,7H2,1H3,(H,16,17). The maximum atomic E-state index is 11.0. The van der Waals surface area contributed by atoms with Crippen LogP contribution >= 0.6 is 15.9 Å². The summed E-state index contributed by atoms with van der Waals surface area (Å²) in [5, 5.41) is 12.9. The van der Waals surface area contributed by atoms with Gasteiger partial charge in [-0.3, -0.25) is 4.68 Å². The van der Waals surface area contributed by atoms with Crippen LogP contribution in [-0.2, 0) is 13.7 Å². The summed E-state index contributed by atoms with van der Waals surface area (Å²) in [5.74, 6) is -0.335. The van der Waals surface area contributed by atoms with E-state index in [1.54, 1.807) is 7.05 Å². The fourth-order valence-electron chi connectivity index (χ4n) is 1.52. The van der Waals surface area contributed by atoms with Gasteiger partial charge in [0, 0.05) is 11.5 Å². The molecule has 6 heteroatoms. The van der Waals surface area contributed by atoms with Crippen molar-refractivity contribution < 1.29 is 14.6 Å². The number of aromatic nitrogens is 2. The molecule has 0 saturated carbocycles. The van der Waals surface area contributed by atoms with Crippen LogP contribution in [-0.4, -0.2) is 20.9 Å². The Balaban J connectivity index is 2.15. The van der Waals surface area contributed by atoms with Gasteiger partial charge in [0.15, 0.2) is 0 Å². The van der Waals surface area contributed by atoms with E-state index in [4.69, 9.17) is 9.84 Å². The van der Waals surface area contributed by atoms with Crippen LogP contribution in [0, 0.1) is 0 Å². The predicted octanol–water partition coefficient (Wildman–Crippen LogP) is 2.46. The minimum Gasteiger partial charge on any atom is -0.487 e. The topological polar surface area (TPSA) is 64.4 Å². The molecule has 94 valence electrons. The third-order valence-corrected chi connectivity index (χ3v) is 2.96. The van der Waals surface area contributed by atoms with Crippen LogP contribution in [0.3, 0.4) is 0 Å². The zero-order chi connectivity index (χ0) is 13.1. The van der Waals surface area contributed by atoms with E-state index in [0.717, 1.165) is 4.47 Å². The van der Waals surface area contributed by atoms with Crippen molar-refractivity contribution >= 4 is 21.9 Å². The lowest BCUT2D eigenvalue weighted by atomic mass is 10.2. The highest BCUT2D eigenvalue weighted by atomic mass is 79.9. The predicted molar refractivity (Wildman–Crippen MR) is 68.6 cm³/mol. The highest BCUT2D eigenvalue weighted by Crippen LogP contribution is 2.19. The molecule has 0 bridgehead atoms. The molecule has 5 nitrogen and oxygen atoms in total. The number of carbonyl (C=O) groups is 1. The summed E-state index contributed by atoms with van der Waals surface area (Å²) >= 11 is 3.34. The molecule has 0 radical (unpaired) electrons. The number of carboxylic acid groups (broad SMARTS) is 1. The maximum Gasteiger partial charge on any atom is 0.339 e. The van der Waals surface area contributed by atoms with E-state index in [-0.39, 0.29) is 12.2 Å². The number of hydrogen-bond acceptors (Lipinski definition) is 3. The van der Waals surface area contributed by atoms with Gasteiger partial charge in [0.05, 0.1) is 11.9 Å². The van der Waals surface area contributed by atoms with Crippen molar-refractivity contribution in [2.45, 2.75) is 6.61 Å². The molecule has 0 amide bonds. The maximum absolute atomic E-state index is 11.0. The summed E-state index contributed by atoms with van der Waals surface area (Å²) in [6.07, 6.45) is 1.32. The summed E-state index contributed by atoms with van der Waals surface area (Å²) in [7, 11) is 1.69. The monoisotopic (exact) mass is 310 g/mol. The number of hydrogen-bond donors (Lipinski definition) is 1. The third kappa shape index (κ3) is 2.70. The first-order valence-corrected chi connectivity index (χ1v) is 6.00. The fourth-order valence-corrected chi connectivity index (χ4v) is 1.90. The van der Waals surface area contributed by atoms with E-state index in [2.05, 4.69) is 21.0 Å². The molecule has 0 unspecified atom stereocenters. The quantitative estimate of drug-likeness (QED) is 0.942. The Labute approximate surface area is 112 Å². The summed E-state index contributed by atoms with van der Waals surface area (Å²) in [6, 6.07) is 7.36. The lowest BCUT2D eigenvalue weighted by Crippen LogP contribution is -2.08. The van der Waals surface area contributed by atoms with E-state index in [1.165, 1.54) is 10.9 Å². The average Bonchev–Trinajstić information content (AvgIpc) is 2.68. The second-order valence-corrected chi connectivity index (χ2v) is 4.60. The summed E-state index contributed by atoms with van der Waals surface area (Å²) in [5.41, 5.74) is 0.690. The summed E-state index contributed by atoms with van der Waals surface area (Å²) < 4.78 is 7.96. The minimum absolute atomic E-state index is 0.160. The molecule has 2 rings (SSSR count). The van der Waals surface area contributed by atoms with Gasteiger partial charge in [-0.1, -0.05) is 22.0 Å². The summed E-state index contributed by atoms with van der Waals surface area (Å²) in [4.78, 5) is 11.0. The lowest BCUT2D eigenvalue weighted by Gasteiger charge is -2.07. The van der Waals surface area contributed by atoms with E-state index >= 15 is 0 Å². The molecular formula is C12H11BrN2O3. The molecule has 0 aliphatic heterocycles. The zero-order valence-corrected chi connectivity index (χ0v) is 11.2. The molecule has 18 heavy (non-hydrogen) atoms. The van der Waals surface area contributed by atoms with Crippen molar-refractivity contribution in [3.63, 3.8) is 0 Å². The number of aryl methyl sites for hydroxylation is 1. The molecule has 0 saturated heterocycles. The van der Waals surface area contributed by atoms with Gasteiger partial charge in [0.1, 0.15) is 17.9 Å². The molecule has 1 aromatic carbocycles. The van der Waals surface area contributed by atoms with Crippen LogP contribution in [0.4, 0.5) is 0 Å².